The topological polar surface area (TPSA) is 74.8 Å². The highest BCUT2D eigenvalue weighted by Gasteiger charge is 2.13. The maximum Gasteiger partial charge on any atom is 0.179 e. The average Bonchev–Trinajstić information content (AvgIpc) is 2.89. The molecule has 1 aromatic carbocycles. The second-order valence-electron chi connectivity index (χ2n) is 5.66. The van der Waals surface area contributed by atoms with E-state index in [1.54, 1.807) is 18.3 Å². The number of pyridine rings is 1. The predicted octanol–water partition coefficient (Wildman–Crippen LogP) is 2.93. The highest BCUT2D eigenvalue weighted by molar-refractivity contribution is 7.90. The zero-order valence-corrected chi connectivity index (χ0v) is 13.9. The largest absolute Gasteiger partial charge is 0.369 e. The fourth-order valence-corrected chi connectivity index (χ4v) is 3.45. The number of hydrogen-bond acceptors (Lipinski definition) is 4. The number of H-pyrrole nitrogens is 1. The molecule has 0 radical (unpaired) electrons. The maximum absolute atomic E-state index is 11.8. The second kappa shape index (κ2) is 6.04. The van der Waals surface area contributed by atoms with E-state index in [9.17, 15) is 8.42 Å². The summed E-state index contributed by atoms with van der Waals surface area (Å²) in [5.74, 6) is 0.408. The van der Waals surface area contributed by atoms with Crippen molar-refractivity contribution in [1.82, 2.24) is 9.97 Å². The summed E-state index contributed by atoms with van der Waals surface area (Å²) in [6.45, 7) is 2.68. The minimum absolute atomic E-state index is 0.231. The summed E-state index contributed by atoms with van der Waals surface area (Å²) in [6.07, 6.45) is 5.56. The summed E-state index contributed by atoms with van der Waals surface area (Å²) in [5.41, 5.74) is 3.54. The first-order chi connectivity index (χ1) is 10.9. The molecule has 0 amide bonds. The second-order valence-corrected chi connectivity index (χ2v) is 7.65. The summed E-state index contributed by atoms with van der Waals surface area (Å²) >= 11 is 0. The Kier molecular flexibility index (Phi) is 4.09. The first kappa shape index (κ1) is 15.6. The molecule has 0 aliphatic carbocycles. The van der Waals surface area contributed by atoms with Crippen molar-refractivity contribution in [2.75, 3.05) is 18.1 Å². The monoisotopic (exact) mass is 329 g/mol. The molecule has 0 fully saturated rings. The Hall–Kier alpha value is -2.34. The van der Waals surface area contributed by atoms with Crippen LogP contribution in [0.5, 0.6) is 0 Å². The minimum Gasteiger partial charge on any atom is -0.369 e. The molecule has 3 rings (SSSR count). The van der Waals surface area contributed by atoms with Crippen LogP contribution in [0.15, 0.2) is 47.6 Å². The molecule has 2 aromatic heterocycles. The van der Waals surface area contributed by atoms with Gasteiger partial charge in [-0.25, -0.2) is 13.4 Å². The van der Waals surface area contributed by atoms with E-state index in [1.165, 1.54) is 22.8 Å². The number of anilines is 1. The quantitative estimate of drug-likeness (QED) is 0.755. The average molecular weight is 329 g/mol. The van der Waals surface area contributed by atoms with E-state index in [0.29, 0.717) is 12.4 Å². The molecule has 120 valence electrons. The van der Waals surface area contributed by atoms with Crippen molar-refractivity contribution in [3.05, 3.63) is 53.9 Å². The zero-order chi connectivity index (χ0) is 16.4. The molecule has 3 aromatic rings. The van der Waals surface area contributed by atoms with Crippen molar-refractivity contribution < 1.29 is 8.42 Å². The van der Waals surface area contributed by atoms with Crippen LogP contribution >= 0.6 is 0 Å². The smallest absolute Gasteiger partial charge is 0.179 e. The van der Waals surface area contributed by atoms with Crippen LogP contribution in [0.1, 0.15) is 11.1 Å². The van der Waals surface area contributed by atoms with Crippen molar-refractivity contribution in [2.24, 2.45) is 0 Å². The van der Waals surface area contributed by atoms with Crippen LogP contribution in [0.25, 0.3) is 10.9 Å². The van der Waals surface area contributed by atoms with Gasteiger partial charge in [0.1, 0.15) is 10.7 Å². The molecular weight excluding hydrogens is 310 g/mol. The molecule has 0 atom stereocenters. The third-order valence-corrected chi connectivity index (χ3v) is 4.91. The number of aryl methyl sites for hydroxylation is 1. The standard InChI is InChI=1S/C17H19N3O2S/c1-12-5-6-14-13(11-20-15(14)10-12)7-9-19-17-16(23(2,21)22)4-3-8-18-17/h3-6,8,10-11,20H,7,9H2,1-2H3,(H,18,19). The van der Waals surface area contributed by atoms with Gasteiger partial charge >= 0.3 is 0 Å². The van der Waals surface area contributed by atoms with Gasteiger partial charge in [0.15, 0.2) is 9.84 Å². The molecule has 2 heterocycles. The highest BCUT2D eigenvalue weighted by Crippen LogP contribution is 2.21. The Bertz CT molecular complexity index is 945. The van der Waals surface area contributed by atoms with E-state index in [0.717, 1.165) is 11.9 Å². The number of rotatable bonds is 5. The number of nitrogens with zero attached hydrogens (tertiary/aromatic N) is 1. The van der Waals surface area contributed by atoms with Gasteiger partial charge in [-0.05, 0) is 42.7 Å². The van der Waals surface area contributed by atoms with Crippen molar-refractivity contribution in [3.63, 3.8) is 0 Å². The summed E-state index contributed by atoms with van der Waals surface area (Å²) in [5, 5.41) is 4.33. The Balaban J connectivity index is 1.75. The van der Waals surface area contributed by atoms with Gasteiger partial charge in [0.05, 0.1) is 0 Å². The Morgan fingerprint density at radius 3 is 2.87 bits per heavy atom. The fraction of sp³-hybridized carbons (Fsp3) is 0.235. The van der Waals surface area contributed by atoms with E-state index >= 15 is 0 Å². The fourth-order valence-electron chi connectivity index (χ4n) is 2.65. The molecule has 5 nitrogen and oxygen atoms in total. The number of benzene rings is 1. The first-order valence-electron chi connectivity index (χ1n) is 7.41. The molecule has 0 aliphatic rings. The number of fused-ring (bicyclic) bond motifs is 1. The van der Waals surface area contributed by atoms with Crippen molar-refractivity contribution >= 4 is 26.6 Å². The Morgan fingerprint density at radius 2 is 2.09 bits per heavy atom. The van der Waals surface area contributed by atoms with E-state index < -0.39 is 9.84 Å². The Labute approximate surface area is 135 Å². The zero-order valence-electron chi connectivity index (χ0n) is 13.1. The molecule has 23 heavy (non-hydrogen) atoms. The minimum atomic E-state index is -3.29. The van der Waals surface area contributed by atoms with Crippen LogP contribution < -0.4 is 5.32 Å². The lowest BCUT2D eigenvalue weighted by Crippen LogP contribution is -2.10. The molecule has 0 saturated carbocycles. The highest BCUT2D eigenvalue weighted by atomic mass is 32.2. The lowest BCUT2D eigenvalue weighted by molar-refractivity contribution is 0.602. The molecule has 0 spiro atoms. The molecule has 0 aliphatic heterocycles. The molecule has 0 bridgehead atoms. The summed E-state index contributed by atoms with van der Waals surface area (Å²) in [7, 11) is -3.29. The van der Waals surface area contributed by atoms with Crippen molar-refractivity contribution in [2.45, 2.75) is 18.2 Å². The van der Waals surface area contributed by atoms with Gasteiger partial charge < -0.3 is 10.3 Å². The van der Waals surface area contributed by atoms with E-state index in [-0.39, 0.29) is 4.90 Å². The number of aromatic amines is 1. The summed E-state index contributed by atoms with van der Waals surface area (Å²) in [4.78, 5) is 7.64. The Morgan fingerprint density at radius 1 is 1.26 bits per heavy atom. The molecule has 6 heteroatoms. The van der Waals surface area contributed by atoms with Gasteiger partial charge in [0.2, 0.25) is 0 Å². The number of aromatic nitrogens is 2. The SMILES string of the molecule is Cc1ccc2c(CCNc3ncccc3S(C)(=O)=O)c[nH]c2c1. The first-order valence-corrected chi connectivity index (χ1v) is 9.30. The van der Waals surface area contributed by atoms with E-state index in [4.69, 9.17) is 0 Å². The van der Waals surface area contributed by atoms with Gasteiger partial charge in [-0.3, -0.25) is 0 Å². The lowest BCUT2D eigenvalue weighted by atomic mass is 10.1. The third-order valence-electron chi connectivity index (χ3n) is 3.78. The maximum atomic E-state index is 11.8. The number of sulfone groups is 1. The van der Waals surface area contributed by atoms with Crippen LogP contribution in [0, 0.1) is 6.92 Å². The van der Waals surface area contributed by atoms with Crippen LogP contribution in [0.4, 0.5) is 5.82 Å². The van der Waals surface area contributed by atoms with Gasteiger partial charge in [-0.2, -0.15) is 0 Å². The molecular formula is C17H19N3O2S. The van der Waals surface area contributed by atoms with Crippen LogP contribution in [0.3, 0.4) is 0 Å². The van der Waals surface area contributed by atoms with Gasteiger partial charge in [-0.15, -0.1) is 0 Å². The molecule has 0 unspecified atom stereocenters. The van der Waals surface area contributed by atoms with Crippen molar-refractivity contribution in [1.29, 1.82) is 0 Å². The van der Waals surface area contributed by atoms with Gasteiger partial charge in [0, 0.05) is 36.1 Å². The van der Waals surface area contributed by atoms with E-state index in [1.807, 2.05) is 6.20 Å². The third kappa shape index (κ3) is 3.37. The van der Waals surface area contributed by atoms with E-state index in [2.05, 4.69) is 40.4 Å². The van der Waals surface area contributed by atoms with Crippen LogP contribution in [-0.2, 0) is 16.3 Å². The van der Waals surface area contributed by atoms with Gasteiger partial charge in [-0.1, -0.05) is 12.1 Å². The normalized spacial score (nSPS) is 11.7. The van der Waals surface area contributed by atoms with Gasteiger partial charge in [0.25, 0.3) is 0 Å². The molecule has 0 saturated heterocycles. The summed E-state index contributed by atoms with van der Waals surface area (Å²) in [6, 6.07) is 9.52. The van der Waals surface area contributed by atoms with Crippen LogP contribution in [-0.4, -0.2) is 31.2 Å². The predicted molar refractivity (Wildman–Crippen MR) is 92.6 cm³/mol. The number of nitrogens with one attached hydrogen (secondary N) is 2. The number of hydrogen-bond donors (Lipinski definition) is 2. The van der Waals surface area contributed by atoms with Crippen molar-refractivity contribution in [3.8, 4) is 0 Å². The lowest BCUT2D eigenvalue weighted by Gasteiger charge is -2.09. The van der Waals surface area contributed by atoms with Crippen LogP contribution in [0.2, 0.25) is 0 Å². The summed E-state index contributed by atoms with van der Waals surface area (Å²) < 4.78 is 23.5. The molecule has 2 N–H and O–H groups in total.